The minimum Gasteiger partial charge on any atom is -0.490 e. The van der Waals surface area contributed by atoms with E-state index in [-0.39, 0.29) is 0 Å². The van der Waals surface area contributed by atoms with Gasteiger partial charge in [0.15, 0.2) is 11.5 Å². The van der Waals surface area contributed by atoms with Crippen LogP contribution in [0.1, 0.15) is 45.1 Å². The normalized spacial score (nSPS) is 14.2. The van der Waals surface area contributed by atoms with Gasteiger partial charge in [0.25, 0.3) is 0 Å². The average molecular weight is 291 g/mol. The number of rotatable bonds is 8. The van der Waals surface area contributed by atoms with Crippen molar-refractivity contribution in [1.29, 1.82) is 0 Å². The van der Waals surface area contributed by atoms with Gasteiger partial charge >= 0.3 is 0 Å². The Labute approximate surface area is 129 Å². The van der Waals surface area contributed by atoms with Crippen molar-refractivity contribution in [3.05, 3.63) is 23.8 Å². The molecule has 1 aromatic carbocycles. The summed E-state index contributed by atoms with van der Waals surface area (Å²) in [6.45, 7) is 8.28. The van der Waals surface area contributed by atoms with Crippen LogP contribution in [0.4, 0.5) is 0 Å². The van der Waals surface area contributed by atoms with Gasteiger partial charge in [-0.1, -0.05) is 26.3 Å². The monoisotopic (exact) mass is 291 g/mol. The standard InChI is InChI=1S/C18H29NO2/c1-15(2)14-19-10-5-3-4-7-16-8-9-17-18(13-16)21-12-6-11-20-17/h8-9,13,15,19H,3-7,10-12,14H2,1-2H3. The van der Waals surface area contributed by atoms with E-state index in [4.69, 9.17) is 9.47 Å². The topological polar surface area (TPSA) is 30.5 Å². The van der Waals surface area contributed by atoms with Gasteiger partial charge in [-0.3, -0.25) is 0 Å². The zero-order valence-electron chi connectivity index (χ0n) is 13.5. The van der Waals surface area contributed by atoms with Gasteiger partial charge in [0.1, 0.15) is 0 Å². The third-order valence-corrected chi connectivity index (χ3v) is 3.68. The van der Waals surface area contributed by atoms with Crippen molar-refractivity contribution in [3.63, 3.8) is 0 Å². The molecule has 0 bridgehead atoms. The number of unbranched alkanes of at least 4 members (excludes halogenated alkanes) is 2. The second kappa shape index (κ2) is 8.93. The van der Waals surface area contributed by atoms with Crippen LogP contribution >= 0.6 is 0 Å². The lowest BCUT2D eigenvalue weighted by molar-refractivity contribution is 0.297. The Hall–Kier alpha value is -1.22. The van der Waals surface area contributed by atoms with Crippen LogP contribution in [-0.2, 0) is 6.42 Å². The Kier molecular flexibility index (Phi) is 6.87. The predicted molar refractivity (Wildman–Crippen MR) is 87.3 cm³/mol. The molecule has 21 heavy (non-hydrogen) atoms. The van der Waals surface area contributed by atoms with E-state index in [1.807, 2.05) is 0 Å². The maximum absolute atomic E-state index is 5.74. The molecule has 0 amide bonds. The van der Waals surface area contributed by atoms with Crippen LogP contribution in [0.15, 0.2) is 18.2 Å². The van der Waals surface area contributed by atoms with E-state index in [1.165, 1.54) is 24.8 Å². The number of benzene rings is 1. The fraction of sp³-hybridized carbons (Fsp3) is 0.667. The molecule has 0 unspecified atom stereocenters. The minimum atomic E-state index is 0.742. The summed E-state index contributed by atoms with van der Waals surface area (Å²) in [5.74, 6) is 2.56. The first-order chi connectivity index (χ1) is 10.3. The molecule has 2 rings (SSSR count). The molecule has 0 atom stereocenters. The molecule has 0 radical (unpaired) electrons. The second-order valence-corrected chi connectivity index (χ2v) is 6.24. The smallest absolute Gasteiger partial charge is 0.161 e. The highest BCUT2D eigenvalue weighted by atomic mass is 16.5. The average Bonchev–Trinajstić information content (AvgIpc) is 2.70. The quantitative estimate of drug-likeness (QED) is 0.739. The Balaban J connectivity index is 1.66. The molecule has 1 heterocycles. The Bertz CT molecular complexity index is 418. The zero-order valence-corrected chi connectivity index (χ0v) is 13.5. The highest BCUT2D eigenvalue weighted by molar-refractivity contribution is 5.43. The van der Waals surface area contributed by atoms with E-state index in [9.17, 15) is 0 Å². The third-order valence-electron chi connectivity index (χ3n) is 3.68. The van der Waals surface area contributed by atoms with E-state index in [2.05, 4.69) is 37.4 Å². The van der Waals surface area contributed by atoms with Crippen molar-refractivity contribution in [2.24, 2.45) is 5.92 Å². The number of nitrogens with one attached hydrogen (secondary N) is 1. The molecule has 0 saturated heterocycles. The Morgan fingerprint density at radius 1 is 1.05 bits per heavy atom. The van der Waals surface area contributed by atoms with Crippen molar-refractivity contribution in [1.82, 2.24) is 5.32 Å². The number of hydrogen-bond donors (Lipinski definition) is 1. The van der Waals surface area contributed by atoms with Crippen molar-refractivity contribution in [2.45, 2.75) is 46.0 Å². The molecule has 1 aliphatic rings. The van der Waals surface area contributed by atoms with Crippen LogP contribution in [0.5, 0.6) is 11.5 Å². The Morgan fingerprint density at radius 2 is 1.86 bits per heavy atom. The largest absolute Gasteiger partial charge is 0.490 e. The molecule has 0 aliphatic carbocycles. The van der Waals surface area contributed by atoms with Crippen LogP contribution in [0, 0.1) is 5.92 Å². The van der Waals surface area contributed by atoms with Gasteiger partial charge in [0, 0.05) is 6.42 Å². The van der Waals surface area contributed by atoms with Crippen LogP contribution in [-0.4, -0.2) is 26.3 Å². The van der Waals surface area contributed by atoms with Crippen molar-refractivity contribution in [2.75, 3.05) is 26.3 Å². The molecule has 0 fully saturated rings. The summed E-state index contributed by atoms with van der Waals surface area (Å²) >= 11 is 0. The second-order valence-electron chi connectivity index (χ2n) is 6.24. The molecule has 1 aliphatic heterocycles. The fourth-order valence-corrected chi connectivity index (χ4v) is 2.51. The summed E-state index contributed by atoms with van der Waals surface area (Å²) in [5, 5.41) is 3.49. The summed E-state index contributed by atoms with van der Waals surface area (Å²) in [7, 11) is 0. The lowest BCUT2D eigenvalue weighted by atomic mass is 10.1. The highest BCUT2D eigenvalue weighted by Gasteiger charge is 2.10. The van der Waals surface area contributed by atoms with E-state index < -0.39 is 0 Å². The van der Waals surface area contributed by atoms with Gasteiger partial charge in [-0.2, -0.15) is 0 Å². The lowest BCUT2D eigenvalue weighted by Crippen LogP contribution is -2.20. The van der Waals surface area contributed by atoms with Gasteiger partial charge in [0.05, 0.1) is 13.2 Å². The molecule has 1 aromatic rings. The molecule has 118 valence electrons. The molecular weight excluding hydrogens is 262 g/mol. The Morgan fingerprint density at radius 3 is 2.67 bits per heavy atom. The third kappa shape index (κ3) is 5.96. The number of hydrogen-bond acceptors (Lipinski definition) is 3. The number of aryl methyl sites for hydroxylation is 1. The summed E-state index contributed by atoms with van der Waals surface area (Å²) < 4.78 is 11.4. The molecule has 3 heteroatoms. The van der Waals surface area contributed by atoms with E-state index in [1.54, 1.807) is 0 Å². The van der Waals surface area contributed by atoms with Gasteiger partial charge in [0.2, 0.25) is 0 Å². The summed E-state index contributed by atoms with van der Waals surface area (Å²) in [4.78, 5) is 0. The summed E-state index contributed by atoms with van der Waals surface area (Å²) in [6, 6.07) is 6.38. The first-order valence-electron chi connectivity index (χ1n) is 8.35. The number of ether oxygens (including phenoxy) is 2. The first-order valence-corrected chi connectivity index (χ1v) is 8.35. The van der Waals surface area contributed by atoms with Crippen LogP contribution in [0.2, 0.25) is 0 Å². The fourth-order valence-electron chi connectivity index (χ4n) is 2.51. The van der Waals surface area contributed by atoms with Gasteiger partial charge in [-0.25, -0.2) is 0 Å². The van der Waals surface area contributed by atoms with Crippen LogP contribution in [0.25, 0.3) is 0 Å². The summed E-state index contributed by atoms with van der Waals surface area (Å²) in [6.07, 6.45) is 5.87. The number of fused-ring (bicyclic) bond motifs is 1. The predicted octanol–water partition coefficient (Wildman–Crippen LogP) is 3.81. The van der Waals surface area contributed by atoms with E-state index in [0.29, 0.717) is 0 Å². The van der Waals surface area contributed by atoms with Crippen LogP contribution in [0.3, 0.4) is 0 Å². The van der Waals surface area contributed by atoms with E-state index >= 15 is 0 Å². The molecular formula is C18H29NO2. The molecule has 3 nitrogen and oxygen atoms in total. The molecule has 0 spiro atoms. The van der Waals surface area contributed by atoms with E-state index in [0.717, 1.165) is 56.6 Å². The van der Waals surface area contributed by atoms with Crippen LogP contribution < -0.4 is 14.8 Å². The van der Waals surface area contributed by atoms with Gasteiger partial charge in [-0.05, 0) is 56.0 Å². The summed E-state index contributed by atoms with van der Waals surface area (Å²) in [5.41, 5.74) is 1.36. The van der Waals surface area contributed by atoms with Crippen molar-refractivity contribution < 1.29 is 9.47 Å². The molecule has 1 N–H and O–H groups in total. The highest BCUT2D eigenvalue weighted by Crippen LogP contribution is 2.30. The zero-order chi connectivity index (χ0) is 14.9. The van der Waals surface area contributed by atoms with Crippen molar-refractivity contribution >= 4 is 0 Å². The maximum Gasteiger partial charge on any atom is 0.161 e. The van der Waals surface area contributed by atoms with Gasteiger partial charge < -0.3 is 14.8 Å². The SMILES string of the molecule is CC(C)CNCCCCCc1ccc2c(c1)OCCCO2. The molecule has 0 saturated carbocycles. The first kappa shape index (κ1) is 16.2. The maximum atomic E-state index is 5.74. The minimum absolute atomic E-state index is 0.742. The van der Waals surface area contributed by atoms with Crippen molar-refractivity contribution in [3.8, 4) is 11.5 Å². The van der Waals surface area contributed by atoms with Gasteiger partial charge in [-0.15, -0.1) is 0 Å². The molecule has 0 aromatic heterocycles. The lowest BCUT2D eigenvalue weighted by Gasteiger charge is -2.10.